The molecule has 2 rings (SSSR count). The van der Waals surface area contributed by atoms with Crippen LogP contribution >= 0.6 is 0 Å². The minimum atomic E-state index is -0.563. The second-order valence-electron chi connectivity index (χ2n) is 6.85. The van der Waals surface area contributed by atoms with Gasteiger partial charge in [0.25, 0.3) is 5.91 Å². The molecule has 0 heterocycles. The Hall–Kier alpha value is -3.66. The zero-order valence-corrected chi connectivity index (χ0v) is 16.9. The van der Waals surface area contributed by atoms with Gasteiger partial charge in [-0.05, 0) is 55.3 Å². The number of carbonyl (C=O) groups excluding carboxylic acids is 3. The van der Waals surface area contributed by atoms with Crippen molar-refractivity contribution in [1.29, 1.82) is 0 Å². The van der Waals surface area contributed by atoms with Gasteiger partial charge in [-0.15, -0.1) is 0 Å². The minimum absolute atomic E-state index is 0.0673. The molecule has 0 radical (unpaired) electrons. The average molecular weight is 431 g/mol. The second kappa shape index (κ2) is 12.1. The quantitative estimate of drug-likeness (QED) is 0.148. The number of halogens is 1. The highest BCUT2D eigenvalue weighted by atomic mass is 19.1. The third-order valence-corrected chi connectivity index (χ3v) is 4.40. The van der Waals surface area contributed by atoms with Gasteiger partial charge in [0.05, 0.1) is 5.69 Å². The number of amides is 4. The van der Waals surface area contributed by atoms with Crippen molar-refractivity contribution in [3.63, 3.8) is 0 Å². The first kappa shape index (κ1) is 23.6. The summed E-state index contributed by atoms with van der Waals surface area (Å²) < 4.78 is 13.2. The molecule has 9 nitrogen and oxygen atoms in total. The summed E-state index contributed by atoms with van der Waals surface area (Å²) in [5, 5.41) is 16.4. The molecule has 0 unspecified atom stereocenters. The van der Waals surface area contributed by atoms with Crippen LogP contribution in [0.1, 0.15) is 42.5 Å². The molecule has 0 aromatic heterocycles. The molecule has 0 aliphatic rings. The smallest absolute Gasteiger partial charge is 0.323 e. The van der Waals surface area contributed by atoms with Gasteiger partial charge in [0.15, 0.2) is 0 Å². The Morgan fingerprint density at radius 3 is 2.23 bits per heavy atom. The van der Waals surface area contributed by atoms with Crippen molar-refractivity contribution in [1.82, 2.24) is 10.8 Å². The molecule has 0 atom stereocenters. The Bertz CT molecular complexity index is 905. The monoisotopic (exact) mass is 431 g/mol. The van der Waals surface area contributed by atoms with Crippen molar-refractivity contribution in [2.75, 3.05) is 22.9 Å². The largest absolute Gasteiger partial charge is 0.396 e. The summed E-state index contributed by atoms with van der Waals surface area (Å²) in [7, 11) is 0. The number of nitrogens with one attached hydrogen (secondary N) is 4. The molecule has 0 saturated heterocycles. The van der Waals surface area contributed by atoms with E-state index in [1.807, 2.05) is 0 Å². The molecule has 10 heteroatoms. The molecular weight excluding hydrogens is 405 g/mol. The van der Waals surface area contributed by atoms with E-state index in [0.717, 1.165) is 25.3 Å². The van der Waals surface area contributed by atoms with E-state index in [1.165, 1.54) is 12.1 Å². The maximum Gasteiger partial charge on any atom is 0.323 e. The van der Waals surface area contributed by atoms with Crippen LogP contribution < -0.4 is 27.2 Å². The normalized spacial score (nSPS) is 10.3. The summed E-state index contributed by atoms with van der Waals surface area (Å²) in [4.78, 5) is 35.1. The van der Waals surface area contributed by atoms with Crippen LogP contribution in [0.4, 0.5) is 26.2 Å². The number of carbonyl (C=O) groups is 3. The molecular formula is C21H26FN5O4. The molecule has 0 saturated carbocycles. The molecule has 0 aliphatic heterocycles. The van der Waals surface area contributed by atoms with Crippen LogP contribution in [0.25, 0.3) is 0 Å². The molecule has 31 heavy (non-hydrogen) atoms. The molecule has 0 aliphatic carbocycles. The number of nitrogen functional groups attached to an aromatic ring is 1. The summed E-state index contributed by atoms with van der Waals surface area (Å²) in [5.74, 6) is -1.19. The average Bonchev–Trinajstić information content (AvgIpc) is 2.75. The Morgan fingerprint density at radius 1 is 0.903 bits per heavy atom. The number of urea groups is 1. The predicted octanol–water partition coefficient (Wildman–Crippen LogP) is 3.24. The number of hydroxylamine groups is 1. The van der Waals surface area contributed by atoms with Crippen LogP contribution in [0, 0.1) is 5.82 Å². The van der Waals surface area contributed by atoms with Crippen LogP contribution in [0.3, 0.4) is 0 Å². The highest BCUT2D eigenvalue weighted by molar-refractivity contribution is 6.00. The number of nitrogens with two attached hydrogens (primary N) is 1. The van der Waals surface area contributed by atoms with E-state index in [0.29, 0.717) is 29.9 Å². The van der Waals surface area contributed by atoms with Crippen molar-refractivity contribution in [3.8, 4) is 0 Å². The van der Waals surface area contributed by atoms with Gasteiger partial charge < -0.3 is 21.7 Å². The lowest BCUT2D eigenvalue weighted by atomic mass is 10.1. The van der Waals surface area contributed by atoms with Crippen LogP contribution in [0.5, 0.6) is 0 Å². The van der Waals surface area contributed by atoms with E-state index in [2.05, 4.69) is 16.0 Å². The zero-order chi connectivity index (χ0) is 22.6. The van der Waals surface area contributed by atoms with E-state index in [9.17, 15) is 18.8 Å². The number of hydrogen-bond donors (Lipinski definition) is 6. The van der Waals surface area contributed by atoms with Crippen molar-refractivity contribution in [2.45, 2.75) is 32.1 Å². The maximum atomic E-state index is 13.2. The molecule has 4 amide bonds. The molecule has 166 valence electrons. The van der Waals surface area contributed by atoms with Gasteiger partial charge in [-0.25, -0.2) is 14.7 Å². The lowest BCUT2D eigenvalue weighted by Gasteiger charge is -2.09. The topological polar surface area (TPSA) is 146 Å². The lowest BCUT2D eigenvalue weighted by Crippen LogP contribution is -2.24. The maximum absolute atomic E-state index is 13.2. The fourth-order valence-corrected chi connectivity index (χ4v) is 2.74. The zero-order valence-electron chi connectivity index (χ0n) is 16.9. The van der Waals surface area contributed by atoms with E-state index in [1.54, 1.807) is 29.7 Å². The number of hydrogen-bond acceptors (Lipinski definition) is 5. The number of rotatable bonds is 10. The first-order valence-corrected chi connectivity index (χ1v) is 9.83. The Balaban J connectivity index is 1.70. The van der Waals surface area contributed by atoms with Crippen molar-refractivity contribution < 1.29 is 24.0 Å². The molecule has 0 spiro atoms. The fraction of sp³-hybridized carbons (Fsp3) is 0.286. The number of unbranched alkanes of at least 4 members (excludes halogenated alkanes) is 3. The van der Waals surface area contributed by atoms with Gasteiger partial charge in [0.1, 0.15) is 5.82 Å². The van der Waals surface area contributed by atoms with Gasteiger partial charge in [0.2, 0.25) is 5.91 Å². The van der Waals surface area contributed by atoms with E-state index < -0.39 is 17.8 Å². The van der Waals surface area contributed by atoms with E-state index in [-0.39, 0.29) is 18.0 Å². The Morgan fingerprint density at radius 2 is 1.55 bits per heavy atom. The molecule has 0 fully saturated rings. The highest BCUT2D eigenvalue weighted by Crippen LogP contribution is 2.17. The van der Waals surface area contributed by atoms with Gasteiger partial charge in [0, 0.05) is 29.9 Å². The summed E-state index contributed by atoms with van der Waals surface area (Å²) in [6.07, 6.45) is 3.42. The van der Waals surface area contributed by atoms with Crippen molar-refractivity contribution in [3.05, 3.63) is 53.8 Å². The van der Waals surface area contributed by atoms with E-state index in [4.69, 9.17) is 10.9 Å². The van der Waals surface area contributed by atoms with Crippen molar-refractivity contribution in [2.24, 2.45) is 0 Å². The van der Waals surface area contributed by atoms with Crippen LogP contribution in [-0.2, 0) is 4.79 Å². The highest BCUT2D eigenvalue weighted by Gasteiger charge is 2.08. The summed E-state index contributed by atoms with van der Waals surface area (Å²) in [6, 6.07) is 9.72. The first-order valence-electron chi connectivity index (χ1n) is 9.83. The van der Waals surface area contributed by atoms with Gasteiger partial charge in [-0.3, -0.25) is 14.8 Å². The summed E-state index contributed by atoms with van der Waals surface area (Å²) in [6.45, 7) is 0.508. The third kappa shape index (κ3) is 8.31. The molecule has 0 bridgehead atoms. The Kier molecular flexibility index (Phi) is 9.24. The summed E-state index contributed by atoms with van der Waals surface area (Å²) >= 11 is 0. The van der Waals surface area contributed by atoms with Crippen molar-refractivity contribution >= 4 is 34.9 Å². The first-order chi connectivity index (χ1) is 14.9. The predicted molar refractivity (Wildman–Crippen MR) is 115 cm³/mol. The van der Waals surface area contributed by atoms with Crippen LogP contribution in [-0.4, -0.2) is 29.6 Å². The van der Waals surface area contributed by atoms with E-state index >= 15 is 0 Å². The van der Waals surface area contributed by atoms with Gasteiger partial charge >= 0.3 is 6.03 Å². The molecule has 2 aromatic rings. The Labute approximate surface area is 179 Å². The molecule has 7 N–H and O–H groups in total. The second-order valence-corrected chi connectivity index (χ2v) is 6.85. The lowest BCUT2D eigenvalue weighted by molar-refractivity contribution is -0.129. The van der Waals surface area contributed by atoms with Gasteiger partial charge in [-0.2, -0.15) is 0 Å². The number of benzene rings is 2. The summed E-state index contributed by atoms with van der Waals surface area (Å²) in [5.41, 5.74) is 8.28. The SMILES string of the molecule is Nc1cc(NC(=O)Nc2ccc(C(=O)NCCCCCCC(=O)NO)cc2)ccc1F. The van der Waals surface area contributed by atoms with Crippen LogP contribution in [0.15, 0.2) is 42.5 Å². The standard InChI is InChI=1S/C21H26FN5O4/c22-17-11-10-16(13-18(17)23)26-21(30)25-15-8-6-14(7-9-15)20(29)24-12-4-2-1-3-5-19(28)27-31/h6-11,13,31H,1-5,12,23H2,(H,24,29)(H,27,28)(H2,25,26,30). The number of anilines is 3. The molecule has 2 aromatic carbocycles. The fourth-order valence-electron chi connectivity index (χ4n) is 2.74. The minimum Gasteiger partial charge on any atom is -0.396 e. The van der Waals surface area contributed by atoms with Crippen LogP contribution in [0.2, 0.25) is 0 Å². The third-order valence-electron chi connectivity index (χ3n) is 4.40. The van der Waals surface area contributed by atoms with Gasteiger partial charge in [-0.1, -0.05) is 12.8 Å².